The number of pyridine rings is 1. The van der Waals surface area contributed by atoms with E-state index in [0.29, 0.717) is 11.1 Å². The molecule has 0 radical (unpaired) electrons. The van der Waals surface area contributed by atoms with Crippen LogP contribution in [0.3, 0.4) is 0 Å². The van der Waals surface area contributed by atoms with Crippen LogP contribution in [0.5, 0.6) is 11.6 Å². The third-order valence-corrected chi connectivity index (χ3v) is 3.01. The number of aromatic carboxylic acids is 1. The van der Waals surface area contributed by atoms with E-state index in [1.54, 1.807) is 18.3 Å². The van der Waals surface area contributed by atoms with E-state index in [1.807, 2.05) is 0 Å². The lowest BCUT2D eigenvalue weighted by atomic mass is 10.1. The molecule has 0 aliphatic carbocycles. The maximum absolute atomic E-state index is 13.3. The van der Waals surface area contributed by atoms with Crippen LogP contribution in [-0.2, 0) is 0 Å². The van der Waals surface area contributed by atoms with Gasteiger partial charge in [-0.2, -0.15) is 0 Å². The van der Waals surface area contributed by atoms with Gasteiger partial charge < -0.3 is 9.84 Å². The number of nitrogens with zero attached hydrogens (tertiary/aromatic N) is 1. The van der Waals surface area contributed by atoms with E-state index in [4.69, 9.17) is 9.84 Å². The van der Waals surface area contributed by atoms with Crippen molar-refractivity contribution in [1.82, 2.24) is 4.98 Å². The number of hydrogen-bond donors (Lipinski definition) is 1. The zero-order chi connectivity index (χ0) is 14.8. The number of rotatable bonds is 3. The minimum absolute atomic E-state index is 0.166. The van der Waals surface area contributed by atoms with Crippen molar-refractivity contribution >= 4 is 16.7 Å². The first-order valence-electron chi connectivity index (χ1n) is 6.19. The summed E-state index contributed by atoms with van der Waals surface area (Å²) in [6.45, 7) is 0. The quantitative estimate of drug-likeness (QED) is 0.792. The van der Waals surface area contributed by atoms with Crippen LogP contribution < -0.4 is 4.74 Å². The highest BCUT2D eigenvalue weighted by atomic mass is 19.1. The summed E-state index contributed by atoms with van der Waals surface area (Å²) in [5.74, 6) is -0.673. The van der Waals surface area contributed by atoms with Crippen LogP contribution >= 0.6 is 0 Å². The van der Waals surface area contributed by atoms with Crippen LogP contribution in [0.2, 0.25) is 0 Å². The first-order chi connectivity index (χ1) is 10.1. The summed E-state index contributed by atoms with van der Waals surface area (Å²) in [4.78, 5) is 14.9. The Morgan fingerprint density at radius 2 is 1.86 bits per heavy atom. The maximum Gasteiger partial charge on any atom is 0.335 e. The third kappa shape index (κ3) is 2.67. The van der Waals surface area contributed by atoms with Crippen molar-refractivity contribution in [1.29, 1.82) is 0 Å². The molecule has 0 aliphatic heterocycles. The number of carboxylic acids is 1. The highest BCUT2D eigenvalue weighted by Crippen LogP contribution is 2.28. The lowest BCUT2D eigenvalue weighted by Crippen LogP contribution is -1.95. The summed E-state index contributed by atoms with van der Waals surface area (Å²) in [7, 11) is 0. The summed E-state index contributed by atoms with van der Waals surface area (Å²) in [5, 5.41) is 10.2. The van der Waals surface area contributed by atoms with Gasteiger partial charge in [0.25, 0.3) is 0 Å². The van der Waals surface area contributed by atoms with Gasteiger partial charge in [0.1, 0.15) is 11.6 Å². The monoisotopic (exact) mass is 283 g/mol. The molecule has 0 bridgehead atoms. The standard InChI is InChI=1S/C16H10FNO3/c17-12-4-1-10-7-8-18-15(14(10)9-12)21-13-5-2-11(3-6-13)16(19)20/h1-9H,(H,19,20). The molecule has 1 heterocycles. The second-order valence-corrected chi connectivity index (χ2v) is 4.41. The third-order valence-electron chi connectivity index (χ3n) is 3.01. The minimum atomic E-state index is -1.01. The molecular formula is C16H10FNO3. The van der Waals surface area contributed by atoms with Gasteiger partial charge in [0.05, 0.1) is 5.56 Å². The van der Waals surface area contributed by atoms with Crippen molar-refractivity contribution in [2.45, 2.75) is 0 Å². The first kappa shape index (κ1) is 13.1. The van der Waals surface area contributed by atoms with Crippen LogP contribution in [0, 0.1) is 5.82 Å². The first-order valence-corrected chi connectivity index (χ1v) is 6.19. The molecule has 0 unspecified atom stereocenters. The van der Waals surface area contributed by atoms with Gasteiger partial charge in [0, 0.05) is 11.6 Å². The number of fused-ring (bicyclic) bond motifs is 1. The Kier molecular flexibility index (Phi) is 3.23. The van der Waals surface area contributed by atoms with Gasteiger partial charge in [0.2, 0.25) is 5.88 Å². The van der Waals surface area contributed by atoms with Gasteiger partial charge >= 0.3 is 5.97 Å². The number of halogens is 1. The minimum Gasteiger partial charge on any atom is -0.478 e. The van der Waals surface area contributed by atoms with E-state index in [-0.39, 0.29) is 17.3 Å². The van der Waals surface area contributed by atoms with E-state index < -0.39 is 5.97 Å². The highest BCUT2D eigenvalue weighted by Gasteiger charge is 2.07. The molecule has 2 aromatic carbocycles. The Hall–Kier alpha value is -2.95. The molecule has 5 heteroatoms. The van der Waals surface area contributed by atoms with Crippen molar-refractivity contribution < 1.29 is 19.0 Å². The molecule has 1 aromatic heterocycles. The molecule has 1 N–H and O–H groups in total. The topological polar surface area (TPSA) is 59.4 Å². The fraction of sp³-hybridized carbons (Fsp3) is 0. The molecular weight excluding hydrogens is 273 g/mol. The lowest BCUT2D eigenvalue weighted by Gasteiger charge is -2.08. The molecule has 3 aromatic rings. The Balaban J connectivity index is 1.97. The number of ether oxygens (including phenoxy) is 1. The predicted octanol–water partition coefficient (Wildman–Crippen LogP) is 3.86. The largest absolute Gasteiger partial charge is 0.478 e. The highest BCUT2D eigenvalue weighted by molar-refractivity contribution is 5.88. The number of hydrogen-bond acceptors (Lipinski definition) is 3. The zero-order valence-electron chi connectivity index (χ0n) is 10.8. The predicted molar refractivity (Wildman–Crippen MR) is 75.2 cm³/mol. The fourth-order valence-corrected chi connectivity index (χ4v) is 1.97. The van der Waals surface area contributed by atoms with Gasteiger partial charge in [-0.1, -0.05) is 6.07 Å². The Bertz CT molecular complexity index is 815. The Morgan fingerprint density at radius 1 is 1.10 bits per heavy atom. The van der Waals surface area contributed by atoms with E-state index in [0.717, 1.165) is 5.39 Å². The molecule has 104 valence electrons. The van der Waals surface area contributed by atoms with E-state index in [9.17, 15) is 9.18 Å². The van der Waals surface area contributed by atoms with Crippen molar-refractivity contribution in [3.63, 3.8) is 0 Å². The molecule has 0 atom stereocenters. The SMILES string of the molecule is O=C(O)c1ccc(Oc2nccc3ccc(F)cc23)cc1. The second-order valence-electron chi connectivity index (χ2n) is 4.41. The van der Waals surface area contributed by atoms with Crippen molar-refractivity contribution in [2.75, 3.05) is 0 Å². The van der Waals surface area contributed by atoms with Gasteiger partial charge in [-0.05, 0) is 47.9 Å². The Labute approximate surface area is 119 Å². The number of carbonyl (C=O) groups is 1. The average molecular weight is 283 g/mol. The summed E-state index contributed by atoms with van der Waals surface area (Å²) in [5.41, 5.74) is 0.166. The molecule has 0 saturated heterocycles. The van der Waals surface area contributed by atoms with E-state index >= 15 is 0 Å². The maximum atomic E-state index is 13.3. The second kappa shape index (κ2) is 5.20. The number of aromatic nitrogens is 1. The van der Waals surface area contributed by atoms with Crippen LogP contribution in [0.15, 0.2) is 54.7 Å². The smallest absolute Gasteiger partial charge is 0.335 e. The molecule has 4 nitrogen and oxygen atoms in total. The van der Waals surface area contributed by atoms with Gasteiger partial charge in [-0.3, -0.25) is 0 Å². The van der Waals surface area contributed by atoms with Gasteiger partial charge in [-0.25, -0.2) is 14.2 Å². The molecule has 21 heavy (non-hydrogen) atoms. The zero-order valence-corrected chi connectivity index (χ0v) is 10.8. The summed E-state index contributed by atoms with van der Waals surface area (Å²) in [6, 6.07) is 12.1. The fourth-order valence-electron chi connectivity index (χ4n) is 1.97. The summed E-state index contributed by atoms with van der Waals surface area (Å²) >= 11 is 0. The lowest BCUT2D eigenvalue weighted by molar-refractivity contribution is 0.0697. The summed E-state index contributed by atoms with van der Waals surface area (Å²) < 4.78 is 19.0. The summed E-state index contributed by atoms with van der Waals surface area (Å²) in [6.07, 6.45) is 1.57. The van der Waals surface area contributed by atoms with Crippen molar-refractivity contribution in [2.24, 2.45) is 0 Å². The molecule has 3 rings (SSSR count). The molecule has 0 fully saturated rings. The molecule has 0 aliphatic rings. The van der Waals surface area contributed by atoms with Crippen LogP contribution in [0.4, 0.5) is 4.39 Å². The van der Waals surface area contributed by atoms with Crippen molar-refractivity contribution in [3.05, 3.63) is 66.1 Å². The van der Waals surface area contributed by atoms with Crippen LogP contribution in [0.25, 0.3) is 10.8 Å². The van der Waals surface area contributed by atoms with Crippen LogP contribution in [-0.4, -0.2) is 16.1 Å². The van der Waals surface area contributed by atoms with Crippen LogP contribution in [0.1, 0.15) is 10.4 Å². The average Bonchev–Trinajstić information content (AvgIpc) is 2.48. The van der Waals surface area contributed by atoms with Crippen molar-refractivity contribution in [3.8, 4) is 11.6 Å². The van der Waals surface area contributed by atoms with Gasteiger partial charge in [-0.15, -0.1) is 0 Å². The van der Waals surface area contributed by atoms with E-state index in [2.05, 4.69) is 4.98 Å². The normalized spacial score (nSPS) is 10.5. The molecule has 0 spiro atoms. The van der Waals surface area contributed by atoms with E-state index in [1.165, 1.54) is 36.4 Å². The number of benzene rings is 2. The Morgan fingerprint density at radius 3 is 2.57 bits per heavy atom. The molecule has 0 amide bonds. The number of carboxylic acid groups (broad SMARTS) is 1. The molecule has 0 saturated carbocycles. The van der Waals surface area contributed by atoms with Gasteiger partial charge in [0.15, 0.2) is 0 Å².